The van der Waals surface area contributed by atoms with Crippen LogP contribution in [-0.4, -0.2) is 12.2 Å². The minimum absolute atomic E-state index is 0.750. The third-order valence-corrected chi connectivity index (χ3v) is 0.667. The second kappa shape index (κ2) is 54.9. The van der Waals surface area contributed by atoms with Crippen LogP contribution >= 0.6 is 0 Å². The maximum Gasteiger partial charge on any atom is 0.231 e. The van der Waals surface area contributed by atoms with Crippen LogP contribution in [0.3, 0.4) is 0 Å². The van der Waals surface area contributed by atoms with Gasteiger partial charge in [-0.3, -0.25) is 0 Å². The molecule has 0 saturated heterocycles. The topological polar surface area (TPSA) is 81.8 Å². The van der Waals surface area contributed by atoms with Gasteiger partial charge in [-0.1, -0.05) is 36.4 Å². The van der Waals surface area contributed by atoms with Crippen molar-refractivity contribution >= 4 is 12.2 Å². The minimum Gasteiger partial charge on any atom is -0.222 e. The average Bonchev–Trinajstić information content (AvgIpc) is 2.38. The molecule has 1 rings (SSSR count). The van der Waals surface area contributed by atoms with E-state index in [4.69, 9.17) is 20.4 Å². The van der Waals surface area contributed by atoms with Crippen molar-refractivity contribution < 1.29 is 9.59 Å². The van der Waals surface area contributed by atoms with Gasteiger partial charge in [-0.25, -0.2) is 20.4 Å². The van der Waals surface area contributed by atoms with Crippen LogP contribution in [-0.2, 0) is 9.59 Å². The van der Waals surface area contributed by atoms with E-state index in [1.54, 1.807) is 0 Å². The summed E-state index contributed by atoms with van der Waals surface area (Å²) in [5, 5.41) is 10.8. The molecule has 0 aromatic heterocycles. The van der Waals surface area contributed by atoms with Gasteiger partial charge in [0.05, 0.1) is 0 Å². The lowest BCUT2D eigenvalue weighted by Crippen LogP contribution is -1.47. The molecule has 0 spiro atoms. The van der Waals surface area contributed by atoms with E-state index in [0.717, 1.165) is 12.2 Å². The minimum atomic E-state index is 0.750. The first kappa shape index (κ1) is 23.4. The maximum absolute atomic E-state index is 8.35. The molecule has 4 heteroatoms. The summed E-state index contributed by atoms with van der Waals surface area (Å²) in [7, 11) is 0. The highest BCUT2D eigenvalue weighted by atomic mass is 16.1. The number of nitrogens with one attached hydrogen (secondary N) is 2. The number of carbonyl (C=O) groups excluding carboxylic acids is 2. The van der Waals surface area contributed by atoms with E-state index >= 15 is 0 Å². The fourth-order valence-electron chi connectivity index (χ4n) is 0.385. The third-order valence-electron chi connectivity index (χ3n) is 0.667. The lowest BCUT2D eigenvalue weighted by Gasteiger charge is -1.69. The highest BCUT2D eigenvalue weighted by Gasteiger charge is 1.57. The molecule has 0 bridgehead atoms. The Bertz CT molecular complexity index is 221. The second-order valence-electron chi connectivity index (χ2n) is 1.36. The summed E-state index contributed by atoms with van der Waals surface area (Å²) in [5.74, 6) is 0. The summed E-state index contributed by atoms with van der Waals surface area (Å²) in [5.41, 5.74) is 0. The van der Waals surface area contributed by atoms with Gasteiger partial charge < -0.3 is 0 Å². The molecule has 4 nitrogen and oxygen atoms in total. The van der Waals surface area contributed by atoms with E-state index in [2.05, 4.69) is 26.3 Å². The van der Waals surface area contributed by atoms with E-state index in [1.807, 2.05) is 36.4 Å². The fraction of sp³-hybridized carbons (Fsp3) is 0. The van der Waals surface area contributed by atoms with Crippen LogP contribution in [0.15, 0.2) is 62.7 Å². The zero-order valence-electron chi connectivity index (χ0n) is 9.11. The van der Waals surface area contributed by atoms with Gasteiger partial charge in [-0.05, 0) is 0 Å². The molecule has 0 radical (unpaired) electrons. The molecule has 0 saturated carbocycles. The zero-order valence-corrected chi connectivity index (χ0v) is 9.11. The van der Waals surface area contributed by atoms with Crippen LogP contribution in [0.2, 0.25) is 0 Å². The van der Waals surface area contributed by atoms with E-state index in [9.17, 15) is 0 Å². The molecule has 0 aliphatic heterocycles. The van der Waals surface area contributed by atoms with Crippen LogP contribution in [0.4, 0.5) is 0 Å². The number of hydrogen-bond acceptors (Lipinski definition) is 4. The summed E-state index contributed by atoms with van der Waals surface area (Å²) >= 11 is 0. The molecular weight excluding hydrogens is 204 g/mol. The van der Waals surface area contributed by atoms with Crippen LogP contribution < -0.4 is 0 Å². The van der Waals surface area contributed by atoms with Gasteiger partial charge in [0.15, 0.2) is 0 Å². The lowest BCUT2D eigenvalue weighted by molar-refractivity contribution is 0.562. The molecule has 1 aromatic rings. The largest absolute Gasteiger partial charge is 0.231 e. The van der Waals surface area contributed by atoms with Gasteiger partial charge in [0.2, 0.25) is 12.2 Å². The average molecular weight is 220 g/mol. The standard InChI is InChI=1S/C6H6.2C2H4.2CHNO/c1-2-4-6-5-3-1;2*1-2;2*2-1-3/h1-6H;2*1-2H2;2*2H. The molecule has 16 heavy (non-hydrogen) atoms. The molecule has 0 amide bonds. The first-order valence-corrected chi connectivity index (χ1v) is 3.91. The van der Waals surface area contributed by atoms with Crippen molar-refractivity contribution in [2.45, 2.75) is 0 Å². The summed E-state index contributed by atoms with van der Waals surface area (Å²) in [4.78, 5) is 16.7. The van der Waals surface area contributed by atoms with Gasteiger partial charge >= 0.3 is 0 Å². The summed E-state index contributed by atoms with van der Waals surface area (Å²) in [6.45, 7) is 12.0. The van der Waals surface area contributed by atoms with Gasteiger partial charge in [0.25, 0.3) is 0 Å². The summed E-state index contributed by atoms with van der Waals surface area (Å²) < 4.78 is 0. The monoisotopic (exact) mass is 220 g/mol. The Morgan fingerprint density at radius 2 is 0.688 bits per heavy atom. The lowest BCUT2D eigenvalue weighted by atomic mass is 10.4. The van der Waals surface area contributed by atoms with Crippen molar-refractivity contribution in [3.05, 3.63) is 62.7 Å². The van der Waals surface area contributed by atoms with Crippen LogP contribution in [0, 0.1) is 10.8 Å². The maximum atomic E-state index is 8.35. The predicted molar refractivity (Wildman–Crippen MR) is 65.8 cm³/mol. The molecule has 1 aromatic carbocycles. The highest BCUT2D eigenvalue weighted by molar-refractivity contribution is 5.26. The van der Waals surface area contributed by atoms with E-state index < -0.39 is 0 Å². The van der Waals surface area contributed by atoms with Gasteiger partial charge in [0.1, 0.15) is 0 Å². The third kappa shape index (κ3) is 105. The Morgan fingerprint density at radius 3 is 0.750 bits per heavy atom. The van der Waals surface area contributed by atoms with Crippen LogP contribution in [0.5, 0.6) is 0 Å². The number of isocyanates is 2. The zero-order chi connectivity index (χ0) is 13.7. The molecule has 0 heterocycles. The Labute approximate surface area is 96.0 Å². The van der Waals surface area contributed by atoms with Crippen molar-refractivity contribution in [1.82, 2.24) is 0 Å². The predicted octanol–water partition coefficient (Wildman–Crippen LogP) is 3.09. The molecule has 0 aliphatic rings. The Balaban J connectivity index is -0.0000000630. The smallest absolute Gasteiger partial charge is 0.222 e. The van der Waals surface area contributed by atoms with Crippen LogP contribution in [0.25, 0.3) is 0 Å². The first-order chi connectivity index (χ1) is 7.83. The van der Waals surface area contributed by atoms with E-state index in [-0.39, 0.29) is 0 Å². The molecule has 0 unspecified atom stereocenters. The number of benzene rings is 1. The molecule has 86 valence electrons. The van der Waals surface area contributed by atoms with Crippen molar-refractivity contribution in [2.24, 2.45) is 0 Å². The van der Waals surface area contributed by atoms with Crippen molar-refractivity contribution in [3.63, 3.8) is 0 Å². The number of hydrogen-bond donors (Lipinski definition) is 2. The molecule has 0 aliphatic carbocycles. The van der Waals surface area contributed by atoms with E-state index in [0.29, 0.717) is 0 Å². The molecular formula is C12H16N2O2. The highest BCUT2D eigenvalue weighted by Crippen LogP contribution is 1.79. The Morgan fingerprint density at radius 1 is 0.625 bits per heavy atom. The number of rotatable bonds is 0. The molecule has 0 fully saturated rings. The Kier molecular flexibility index (Phi) is 80.1. The Hall–Kier alpha value is -2.54. The quantitative estimate of drug-likeness (QED) is 0.400. The van der Waals surface area contributed by atoms with Gasteiger partial charge in [0, 0.05) is 0 Å². The van der Waals surface area contributed by atoms with Crippen LogP contribution in [0.1, 0.15) is 0 Å². The fourth-order valence-corrected chi connectivity index (χ4v) is 0.385. The van der Waals surface area contributed by atoms with E-state index in [1.165, 1.54) is 0 Å². The van der Waals surface area contributed by atoms with Crippen molar-refractivity contribution in [2.75, 3.05) is 0 Å². The van der Waals surface area contributed by atoms with Gasteiger partial charge in [-0.15, -0.1) is 26.3 Å². The summed E-state index contributed by atoms with van der Waals surface area (Å²) in [6.07, 6.45) is 1.50. The SMILES string of the molecule is C=C.C=C.N=C=O.N=C=O.c1ccccc1. The second-order valence-corrected chi connectivity index (χ2v) is 1.36. The van der Waals surface area contributed by atoms with Crippen molar-refractivity contribution in [3.8, 4) is 0 Å². The van der Waals surface area contributed by atoms with Gasteiger partial charge in [-0.2, -0.15) is 0 Å². The first-order valence-electron chi connectivity index (χ1n) is 3.91. The molecule has 2 N–H and O–H groups in total. The molecule has 0 atom stereocenters. The summed E-state index contributed by atoms with van der Waals surface area (Å²) in [6, 6.07) is 12.0. The normalized spacial score (nSPS) is 4.50. The van der Waals surface area contributed by atoms with Crippen molar-refractivity contribution in [1.29, 1.82) is 10.8 Å².